The molecule has 168 valence electrons. The Hall–Kier alpha value is -3.60. The highest BCUT2D eigenvalue weighted by Gasteiger charge is 2.24. The molecule has 1 aliphatic rings. The molecule has 0 bridgehead atoms. The number of nitrogens with zero attached hydrogens (tertiary/aromatic N) is 6. The first kappa shape index (κ1) is 21.6. The third kappa shape index (κ3) is 4.83. The molecule has 1 saturated heterocycles. The fourth-order valence-electron chi connectivity index (χ4n) is 3.47. The van der Waals surface area contributed by atoms with Gasteiger partial charge in [0.05, 0.1) is 18.8 Å². The van der Waals surface area contributed by atoms with E-state index in [1.807, 2.05) is 31.2 Å². The van der Waals surface area contributed by atoms with Crippen molar-refractivity contribution in [1.29, 1.82) is 0 Å². The summed E-state index contributed by atoms with van der Waals surface area (Å²) in [6, 6.07) is 10.4. The van der Waals surface area contributed by atoms with Crippen molar-refractivity contribution in [3.05, 3.63) is 59.9 Å². The number of nitrogens with one attached hydrogen (secondary N) is 1. The normalized spacial score (nSPS) is 14.4. The molecule has 1 aromatic heterocycles. The van der Waals surface area contributed by atoms with Crippen LogP contribution in [0.4, 0.5) is 19.3 Å². The minimum atomic E-state index is -0.807. The summed E-state index contributed by atoms with van der Waals surface area (Å²) in [6.07, 6.45) is 0. The van der Waals surface area contributed by atoms with Crippen LogP contribution >= 0.6 is 0 Å². The van der Waals surface area contributed by atoms with E-state index in [0.29, 0.717) is 45.2 Å². The van der Waals surface area contributed by atoms with Gasteiger partial charge in [-0.3, -0.25) is 4.90 Å². The number of urea groups is 1. The molecule has 0 spiro atoms. The molecule has 0 unspecified atom stereocenters. The lowest BCUT2D eigenvalue weighted by Gasteiger charge is -2.34. The largest absolute Gasteiger partial charge is 0.494 e. The number of rotatable bonds is 6. The summed E-state index contributed by atoms with van der Waals surface area (Å²) >= 11 is 0. The van der Waals surface area contributed by atoms with Crippen molar-refractivity contribution in [3.8, 4) is 11.4 Å². The van der Waals surface area contributed by atoms with E-state index < -0.39 is 23.4 Å². The lowest BCUT2D eigenvalue weighted by atomic mass is 10.3. The van der Waals surface area contributed by atoms with Crippen molar-refractivity contribution in [1.82, 2.24) is 30.0 Å². The van der Waals surface area contributed by atoms with Crippen LogP contribution in [0.2, 0.25) is 0 Å². The Bertz CT molecular complexity index is 1050. The summed E-state index contributed by atoms with van der Waals surface area (Å²) in [6.45, 7) is 4.98. The molecule has 2 amide bonds. The quantitative estimate of drug-likeness (QED) is 0.630. The van der Waals surface area contributed by atoms with Crippen LogP contribution in [0.3, 0.4) is 0 Å². The Balaban J connectivity index is 1.34. The lowest BCUT2D eigenvalue weighted by molar-refractivity contribution is 0.140. The van der Waals surface area contributed by atoms with Gasteiger partial charge in [-0.1, -0.05) is 6.07 Å². The van der Waals surface area contributed by atoms with Gasteiger partial charge in [0.2, 0.25) is 0 Å². The van der Waals surface area contributed by atoms with Crippen molar-refractivity contribution in [3.63, 3.8) is 0 Å². The van der Waals surface area contributed by atoms with Gasteiger partial charge in [0, 0.05) is 26.2 Å². The first-order valence-corrected chi connectivity index (χ1v) is 10.3. The van der Waals surface area contributed by atoms with E-state index in [2.05, 4.69) is 25.7 Å². The number of carbonyl (C=O) groups is 1. The number of halogens is 2. The second kappa shape index (κ2) is 9.69. The third-order valence-corrected chi connectivity index (χ3v) is 5.15. The number of benzene rings is 2. The summed E-state index contributed by atoms with van der Waals surface area (Å²) in [5, 5.41) is 14.3. The molecule has 4 rings (SSSR count). The fourth-order valence-corrected chi connectivity index (χ4v) is 3.47. The molecular formula is C21H23F2N7O2. The molecular weight excluding hydrogens is 420 g/mol. The SMILES string of the molecule is CCOc1ccc(-n2nnnc2CN2CCN(C(=O)Nc3c(F)cccc3F)CC2)cc1. The zero-order chi connectivity index (χ0) is 22.5. The Morgan fingerprint density at radius 2 is 1.75 bits per heavy atom. The first-order valence-electron chi connectivity index (χ1n) is 10.3. The molecule has 0 saturated carbocycles. The molecule has 0 atom stereocenters. The number of tetrazole rings is 1. The standard InChI is InChI=1S/C21H23F2N7O2/c1-2-32-16-8-6-15(7-9-16)30-19(25-26-27-30)14-28-10-12-29(13-11-28)21(31)24-20-17(22)4-3-5-18(20)23/h3-9H,2,10-14H2,1H3,(H,24,31). The number of amides is 2. The molecule has 9 nitrogen and oxygen atoms in total. The van der Waals surface area contributed by atoms with Gasteiger partial charge in [-0.15, -0.1) is 5.10 Å². The Kier molecular flexibility index (Phi) is 6.55. The van der Waals surface area contributed by atoms with Crippen molar-refractivity contribution in [2.75, 3.05) is 38.1 Å². The lowest BCUT2D eigenvalue weighted by Crippen LogP contribution is -2.49. The Morgan fingerprint density at radius 3 is 2.41 bits per heavy atom. The summed E-state index contributed by atoms with van der Waals surface area (Å²) in [7, 11) is 0. The Morgan fingerprint density at radius 1 is 1.06 bits per heavy atom. The molecule has 0 radical (unpaired) electrons. The molecule has 0 aliphatic carbocycles. The van der Waals surface area contributed by atoms with Gasteiger partial charge in [0.25, 0.3) is 0 Å². The highest BCUT2D eigenvalue weighted by molar-refractivity contribution is 5.89. The average molecular weight is 443 g/mol. The second-order valence-corrected chi connectivity index (χ2v) is 7.22. The minimum Gasteiger partial charge on any atom is -0.494 e. The molecule has 3 aromatic rings. The van der Waals surface area contributed by atoms with Crippen LogP contribution in [0, 0.1) is 11.6 Å². The highest BCUT2D eigenvalue weighted by atomic mass is 19.1. The van der Waals surface area contributed by atoms with E-state index in [9.17, 15) is 13.6 Å². The Labute approximate surface area is 183 Å². The predicted molar refractivity (Wildman–Crippen MR) is 113 cm³/mol. The average Bonchev–Trinajstić information content (AvgIpc) is 3.25. The maximum atomic E-state index is 13.8. The number of carbonyl (C=O) groups excluding carboxylic acids is 1. The fraction of sp³-hybridized carbons (Fsp3) is 0.333. The number of para-hydroxylation sites is 1. The molecule has 32 heavy (non-hydrogen) atoms. The molecule has 1 fully saturated rings. The highest BCUT2D eigenvalue weighted by Crippen LogP contribution is 2.19. The smallest absolute Gasteiger partial charge is 0.322 e. The predicted octanol–water partition coefficient (Wildman–Crippen LogP) is 2.69. The van der Waals surface area contributed by atoms with Gasteiger partial charge in [-0.2, -0.15) is 4.68 Å². The maximum absolute atomic E-state index is 13.8. The van der Waals surface area contributed by atoms with Crippen LogP contribution < -0.4 is 10.1 Å². The van der Waals surface area contributed by atoms with Gasteiger partial charge >= 0.3 is 6.03 Å². The van der Waals surface area contributed by atoms with Crippen LogP contribution in [0.25, 0.3) is 5.69 Å². The van der Waals surface area contributed by atoms with Crippen molar-refractivity contribution < 1.29 is 18.3 Å². The summed E-state index contributed by atoms with van der Waals surface area (Å²) in [4.78, 5) is 16.1. The topological polar surface area (TPSA) is 88.4 Å². The van der Waals surface area contributed by atoms with Crippen LogP contribution in [0.5, 0.6) is 5.75 Å². The number of hydrogen-bond acceptors (Lipinski definition) is 6. The van der Waals surface area contributed by atoms with Crippen molar-refractivity contribution in [2.24, 2.45) is 0 Å². The number of aromatic nitrogens is 4. The van der Waals surface area contributed by atoms with Gasteiger partial charge in [0.15, 0.2) is 5.82 Å². The van der Waals surface area contributed by atoms with E-state index >= 15 is 0 Å². The number of piperazine rings is 1. The van der Waals surface area contributed by atoms with Gasteiger partial charge < -0.3 is 15.0 Å². The van der Waals surface area contributed by atoms with Crippen LogP contribution in [0.15, 0.2) is 42.5 Å². The zero-order valence-electron chi connectivity index (χ0n) is 17.5. The number of ether oxygens (including phenoxy) is 1. The number of hydrogen-bond donors (Lipinski definition) is 1. The molecule has 2 heterocycles. The van der Waals surface area contributed by atoms with E-state index in [0.717, 1.165) is 23.6 Å². The monoisotopic (exact) mass is 443 g/mol. The summed E-state index contributed by atoms with van der Waals surface area (Å²) < 4.78 is 34.7. The minimum absolute atomic E-state index is 0.409. The van der Waals surface area contributed by atoms with Crippen molar-refractivity contribution >= 4 is 11.7 Å². The van der Waals surface area contributed by atoms with E-state index in [1.54, 1.807) is 4.68 Å². The van der Waals surface area contributed by atoms with E-state index in [4.69, 9.17) is 4.74 Å². The second-order valence-electron chi connectivity index (χ2n) is 7.22. The van der Waals surface area contributed by atoms with Crippen molar-refractivity contribution in [2.45, 2.75) is 13.5 Å². The molecule has 1 aliphatic heterocycles. The summed E-state index contributed by atoms with van der Waals surface area (Å²) in [5.41, 5.74) is 0.382. The molecule has 2 aromatic carbocycles. The van der Waals surface area contributed by atoms with E-state index in [1.165, 1.54) is 11.0 Å². The first-order chi connectivity index (χ1) is 15.5. The van der Waals surface area contributed by atoms with Gasteiger partial charge in [-0.05, 0) is 53.7 Å². The van der Waals surface area contributed by atoms with Gasteiger partial charge in [-0.25, -0.2) is 13.6 Å². The molecule has 11 heteroatoms. The summed E-state index contributed by atoms with van der Waals surface area (Å²) in [5.74, 6) is -0.174. The zero-order valence-corrected chi connectivity index (χ0v) is 17.5. The van der Waals surface area contributed by atoms with E-state index in [-0.39, 0.29) is 0 Å². The van der Waals surface area contributed by atoms with Crippen LogP contribution in [-0.2, 0) is 6.54 Å². The van der Waals surface area contributed by atoms with Gasteiger partial charge in [0.1, 0.15) is 23.1 Å². The van der Waals surface area contributed by atoms with Crippen LogP contribution in [-0.4, -0.2) is 68.8 Å². The third-order valence-electron chi connectivity index (χ3n) is 5.15. The van der Waals surface area contributed by atoms with Crippen LogP contribution in [0.1, 0.15) is 12.7 Å². The number of anilines is 1. The maximum Gasteiger partial charge on any atom is 0.322 e. The molecule has 1 N–H and O–H groups in total.